The summed E-state index contributed by atoms with van der Waals surface area (Å²) in [6.45, 7) is 0.342. The highest BCUT2D eigenvalue weighted by atomic mass is 19.4. The smallest absolute Gasteiger partial charge is 0.379 e. The standard InChI is InChI=1S/C16H17F3N2/c1-21(2)15-9-4-3-8-14(15)20-11-12-6-5-7-13(10-12)16(17,18)19/h3-10,20H,11H2,1-2H3. The lowest BCUT2D eigenvalue weighted by Gasteiger charge is -2.18. The lowest BCUT2D eigenvalue weighted by molar-refractivity contribution is -0.137. The molecule has 0 fully saturated rings. The Kier molecular flexibility index (Phi) is 4.40. The Bertz CT molecular complexity index is 606. The van der Waals surface area contributed by atoms with Gasteiger partial charge in [-0.05, 0) is 29.8 Å². The van der Waals surface area contributed by atoms with Crippen LogP contribution in [-0.4, -0.2) is 14.1 Å². The molecule has 0 bridgehead atoms. The predicted octanol–water partition coefficient (Wildman–Crippen LogP) is 4.38. The molecule has 1 N–H and O–H groups in total. The lowest BCUT2D eigenvalue weighted by atomic mass is 10.1. The van der Waals surface area contributed by atoms with Crippen LogP contribution < -0.4 is 10.2 Å². The van der Waals surface area contributed by atoms with Gasteiger partial charge in [0, 0.05) is 20.6 Å². The molecule has 0 heterocycles. The molecule has 0 aliphatic rings. The third-order valence-corrected chi connectivity index (χ3v) is 3.12. The fourth-order valence-electron chi connectivity index (χ4n) is 2.07. The van der Waals surface area contributed by atoms with Crippen molar-refractivity contribution < 1.29 is 13.2 Å². The summed E-state index contributed by atoms with van der Waals surface area (Å²) in [5.74, 6) is 0. The quantitative estimate of drug-likeness (QED) is 0.900. The van der Waals surface area contributed by atoms with Crippen molar-refractivity contribution in [2.24, 2.45) is 0 Å². The molecular formula is C16H17F3N2. The third-order valence-electron chi connectivity index (χ3n) is 3.12. The highest BCUT2D eigenvalue weighted by Crippen LogP contribution is 2.30. The second-order valence-electron chi connectivity index (χ2n) is 4.96. The molecule has 2 rings (SSSR count). The summed E-state index contributed by atoms with van der Waals surface area (Å²) in [6, 6.07) is 13.0. The van der Waals surface area contributed by atoms with E-state index in [-0.39, 0.29) is 0 Å². The minimum Gasteiger partial charge on any atom is -0.379 e. The highest BCUT2D eigenvalue weighted by Gasteiger charge is 2.30. The highest BCUT2D eigenvalue weighted by molar-refractivity contribution is 5.69. The SMILES string of the molecule is CN(C)c1ccccc1NCc1cccc(C(F)(F)F)c1. The van der Waals surface area contributed by atoms with Crippen molar-refractivity contribution >= 4 is 11.4 Å². The summed E-state index contributed by atoms with van der Waals surface area (Å²) in [4.78, 5) is 1.95. The summed E-state index contributed by atoms with van der Waals surface area (Å²) in [5, 5.41) is 3.18. The first-order chi connectivity index (χ1) is 9.88. The van der Waals surface area contributed by atoms with Crippen molar-refractivity contribution in [3.63, 3.8) is 0 Å². The minimum absolute atomic E-state index is 0.342. The monoisotopic (exact) mass is 294 g/mol. The van der Waals surface area contributed by atoms with Gasteiger partial charge in [0.1, 0.15) is 0 Å². The van der Waals surface area contributed by atoms with Gasteiger partial charge in [0.2, 0.25) is 0 Å². The summed E-state index contributed by atoms with van der Waals surface area (Å²) < 4.78 is 38.0. The van der Waals surface area contributed by atoms with E-state index >= 15 is 0 Å². The Morgan fingerprint density at radius 2 is 1.71 bits per heavy atom. The first kappa shape index (κ1) is 15.2. The predicted molar refractivity (Wildman–Crippen MR) is 79.5 cm³/mol. The maximum absolute atomic E-state index is 12.7. The second kappa shape index (κ2) is 6.08. The number of para-hydroxylation sites is 2. The molecule has 0 aliphatic heterocycles. The first-order valence-electron chi connectivity index (χ1n) is 6.54. The van der Waals surface area contributed by atoms with E-state index in [0.29, 0.717) is 12.1 Å². The van der Waals surface area contributed by atoms with Crippen LogP contribution in [0.2, 0.25) is 0 Å². The number of nitrogens with zero attached hydrogens (tertiary/aromatic N) is 1. The number of anilines is 2. The van der Waals surface area contributed by atoms with Crippen LogP contribution in [0, 0.1) is 0 Å². The van der Waals surface area contributed by atoms with Crippen LogP contribution in [0.3, 0.4) is 0 Å². The van der Waals surface area contributed by atoms with E-state index in [4.69, 9.17) is 0 Å². The first-order valence-corrected chi connectivity index (χ1v) is 6.54. The van der Waals surface area contributed by atoms with Gasteiger partial charge in [-0.2, -0.15) is 13.2 Å². The molecule has 2 nitrogen and oxygen atoms in total. The molecule has 2 aromatic rings. The van der Waals surface area contributed by atoms with Gasteiger partial charge in [-0.15, -0.1) is 0 Å². The summed E-state index contributed by atoms with van der Waals surface area (Å²) in [5.41, 5.74) is 1.85. The normalized spacial score (nSPS) is 11.3. The van der Waals surface area contributed by atoms with Gasteiger partial charge in [0.15, 0.2) is 0 Å². The van der Waals surface area contributed by atoms with Gasteiger partial charge in [-0.25, -0.2) is 0 Å². The maximum Gasteiger partial charge on any atom is 0.416 e. The van der Waals surface area contributed by atoms with Gasteiger partial charge in [0.25, 0.3) is 0 Å². The van der Waals surface area contributed by atoms with Crippen molar-refractivity contribution in [1.29, 1.82) is 0 Å². The number of rotatable bonds is 4. The second-order valence-corrected chi connectivity index (χ2v) is 4.96. The van der Waals surface area contributed by atoms with Gasteiger partial charge in [0.05, 0.1) is 16.9 Å². The topological polar surface area (TPSA) is 15.3 Å². The zero-order valence-corrected chi connectivity index (χ0v) is 11.9. The number of halogens is 3. The third kappa shape index (κ3) is 3.90. The fourth-order valence-corrected chi connectivity index (χ4v) is 2.07. The van der Waals surface area contributed by atoms with E-state index in [1.807, 2.05) is 43.3 Å². The number of alkyl halides is 3. The Morgan fingerprint density at radius 3 is 2.38 bits per heavy atom. The van der Waals surface area contributed by atoms with Gasteiger partial charge >= 0.3 is 6.18 Å². The summed E-state index contributed by atoms with van der Waals surface area (Å²) >= 11 is 0. The molecule has 5 heteroatoms. The molecule has 0 saturated carbocycles. The Morgan fingerprint density at radius 1 is 1.00 bits per heavy atom. The minimum atomic E-state index is -4.31. The summed E-state index contributed by atoms with van der Waals surface area (Å²) in [6.07, 6.45) is -4.31. The van der Waals surface area contributed by atoms with E-state index in [1.54, 1.807) is 6.07 Å². The van der Waals surface area contributed by atoms with Crippen LogP contribution in [0.1, 0.15) is 11.1 Å². The van der Waals surface area contributed by atoms with E-state index in [0.717, 1.165) is 17.4 Å². The Hall–Kier alpha value is -2.17. The largest absolute Gasteiger partial charge is 0.416 e. The van der Waals surface area contributed by atoms with Crippen LogP contribution in [0.25, 0.3) is 0 Å². The van der Waals surface area contributed by atoms with Crippen LogP contribution >= 0.6 is 0 Å². The Balaban J connectivity index is 2.14. The van der Waals surface area contributed by atoms with E-state index < -0.39 is 11.7 Å². The molecule has 2 aromatic carbocycles. The van der Waals surface area contributed by atoms with Crippen LogP contribution in [-0.2, 0) is 12.7 Å². The molecule has 21 heavy (non-hydrogen) atoms. The molecule has 112 valence electrons. The Labute approximate surface area is 122 Å². The molecule has 0 radical (unpaired) electrons. The van der Waals surface area contributed by atoms with Crippen LogP contribution in [0.4, 0.5) is 24.5 Å². The van der Waals surface area contributed by atoms with E-state index in [1.165, 1.54) is 12.1 Å². The molecule has 0 amide bonds. The molecule has 0 spiro atoms. The molecule has 0 aliphatic carbocycles. The number of hydrogen-bond acceptors (Lipinski definition) is 2. The van der Waals surface area contributed by atoms with E-state index in [2.05, 4.69) is 5.32 Å². The molecule has 0 unspecified atom stereocenters. The maximum atomic E-state index is 12.7. The van der Waals surface area contributed by atoms with Crippen LogP contribution in [0.5, 0.6) is 0 Å². The molecular weight excluding hydrogens is 277 g/mol. The molecule has 0 aromatic heterocycles. The van der Waals surface area contributed by atoms with Gasteiger partial charge < -0.3 is 10.2 Å². The van der Waals surface area contributed by atoms with Crippen molar-refractivity contribution in [2.75, 3.05) is 24.3 Å². The van der Waals surface area contributed by atoms with Crippen molar-refractivity contribution in [3.05, 3.63) is 59.7 Å². The van der Waals surface area contributed by atoms with E-state index in [9.17, 15) is 13.2 Å². The van der Waals surface area contributed by atoms with Crippen molar-refractivity contribution in [3.8, 4) is 0 Å². The number of hydrogen-bond donors (Lipinski definition) is 1. The lowest BCUT2D eigenvalue weighted by Crippen LogP contribution is -2.12. The van der Waals surface area contributed by atoms with Gasteiger partial charge in [-0.1, -0.05) is 24.3 Å². The number of nitrogens with one attached hydrogen (secondary N) is 1. The number of benzene rings is 2. The van der Waals surface area contributed by atoms with Gasteiger partial charge in [-0.3, -0.25) is 0 Å². The average molecular weight is 294 g/mol. The van der Waals surface area contributed by atoms with Crippen LogP contribution in [0.15, 0.2) is 48.5 Å². The van der Waals surface area contributed by atoms with Crippen molar-refractivity contribution in [2.45, 2.75) is 12.7 Å². The zero-order valence-electron chi connectivity index (χ0n) is 11.9. The molecule has 0 saturated heterocycles. The zero-order chi connectivity index (χ0) is 15.5. The molecule has 0 atom stereocenters. The average Bonchev–Trinajstić information content (AvgIpc) is 2.45. The fraction of sp³-hybridized carbons (Fsp3) is 0.250. The summed E-state index contributed by atoms with van der Waals surface area (Å²) in [7, 11) is 3.84. The van der Waals surface area contributed by atoms with Crippen molar-refractivity contribution in [1.82, 2.24) is 0 Å².